The van der Waals surface area contributed by atoms with Crippen molar-refractivity contribution in [3.8, 4) is 12.1 Å². The highest BCUT2D eigenvalue weighted by Crippen LogP contribution is 2.69. The van der Waals surface area contributed by atoms with Gasteiger partial charge in [0.15, 0.2) is 0 Å². The van der Waals surface area contributed by atoms with Crippen molar-refractivity contribution < 1.29 is 4.79 Å². The monoisotopic (exact) mass is 407 g/mol. The molecule has 4 aliphatic rings. The smallest absolute Gasteiger partial charge is 0.255 e. The average Bonchev–Trinajstić information content (AvgIpc) is 3.00. The number of hydrogen-bond donors (Lipinski definition) is 0. The summed E-state index contributed by atoms with van der Waals surface area (Å²) in [4.78, 5) is 15.7. The van der Waals surface area contributed by atoms with E-state index in [9.17, 15) is 15.3 Å². The Kier molecular flexibility index (Phi) is 4.31. The summed E-state index contributed by atoms with van der Waals surface area (Å²) < 4.78 is 0. The standard InChI is InChI=1S/C27H25N3O/c1-26(2)23-13-24(26)27(14-20(23)12-19(15-28)16-29)22-11-7-6-10-21(22)25(31)30(27)17-18-8-4-3-5-9-18/h3-11,14,19,23-24H,12-13,17H2,1-2H3/t23-,24-,27-/m1/s1. The molecule has 1 saturated carbocycles. The normalized spacial score (nSPS) is 27.3. The minimum absolute atomic E-state index is 0.00772. The van der Waals surface area contributed by atoms with Crippen molar-refractivity contribution in [2.24, 2.45) is 23.2 Å². The molecule has 4 heteroatoms. The molecule has 0 aromatic heterocycles. The van der Waals surface area contributed by atoms with Crippen LogP contribution in [0.3, 0.4) is 0 Å². The van der Waals surface area contributed by atoms with Gasteiger partial charge in [0.1, 0.15) is 5.92 Å². The number of nitriles is 2. The molecule has 31 heavy (non-hydrogen) atoms. The van der Waals surface area contributed by atoms with Crippen LogP contribution in [0.5, 0.6) is 0 Å². The number of amides is 1. The van der Waals surface area contributed by atoms with E-state index in [-0.39, 0.29) is 11.3 Å². The Labute approximate surface area is 183 Å². The summed E-state index contributed by atoms with van der Waals surface area (Å²) in [6, 6.07) is 22.4. The molecule has 1 fully saturated rings. The largest absolute Gasteiger partial charge is 0.321 e. The van der Waals surface area contributed by atoms with E-state index in [1.54, 1.807) is 0 Å². The molecule has 154 valence electrons. The van der Waals surface area contributed by atoms with Crippen molar-refractivity contribution in [3.63, 3.8) is 0 Å². The van der Waals surface area contributed by atoms with Gasteiger partial charge in [0.2, 0.25) is 0 Å². The van der Waals surface area contributed by atoms with Crippen molar-refractivity contribution in [3.05, 3.63) is 82.9 Å². The molecular formula is C27H25N3O. The number of hydrogen-bond acceptors (Lipinski definition) is 3. The molecular weight excluding hydrogens is 382 g/mol. The van der Waals surface area contributed by atoms with Crippen LogP contribution in [0.4, 0.5) is 0 Å². The summed E-state index contributed by atoms with van der Waals surface area (Å²) in [6.45, 7) is 5.09. The van der Waals surface area contributed by atoms with Crippen LogP contribution in [0, 0.1) is 45.8 Å². The van der Waals surface area contributed by atoms with Crippen LogP contribution in [0.1, 0.15) is 48.2 Å². The zero-order chi connectivity index (χ0) is 21.8. The number of benzene rings is 2. The zero-order valence-electron chi connectivity index (χ0n) is 17.9. The summed E-state index contributed by atoms with van der Waals surface area (Å²) in [5.74, 6) is 0.0564. The second-order valence-corrected chi connectivity index (χ2v) is 9.64. The van der Waals surface area contributed by atoms with Gasteiger partial charge >= 0.3 is 0 Å². The first-order valence-electron chi connectivity index (χ1n) is 10.9. The molecule has 2 aromatic carbocycles. The lowest BCUT2D eigenvalue weighted by Crippen LogP contribution is -2.63. The van der Waals surface area contributed by atoms with Crippen LogP contribution in [0.15, 0.2) is 66.2 Å². The second-order valence-electron chi connectivity index (χ2n) is 9.64. The van der Waals surface area contributed by atoms with Crippen LogP contribution < -0.4 is 0 Å². The first kappa shape index (κ1) is 19.6. The maximum atomic E-state index is 13.7. The summed E-state index contributed by atoms with van der Waals surface area (Å²) in [5, 5.41) is 18.9. The molecule has 0 radical (unpaired) electrons. The number of nitrogens with zero attached hydrogens (tertiary/aromatic N) is 3. The molecule has 0 saturated heterocycles. The molecule has 3 atom stereocenters. The first-order valence-corrected chi connectivity index (χ1v) is 10.9. The average molecular weight is 408 g/mol. The lowest BCUT2D eigenvalue weighted by Gasteiger charge is -2.65. The zero-order valence-corrected chi connectivity index (χ0v) is 17.9. The fraction of sp³-hybridized carbons (Fsp3) is 0.370. The molecule has 1 heterocycles. The maximum Gasteiger partial charge on any atom is 0.255 e. The lowest BCUT2D eigenvalue weighted by molar-refractivity contribution is -0.100. The van der Waals surface area contributed by atoms with Crippen molar-refractivity contribution >= 4 is 5.91 Å². The molecule has 1 spiro atoms. The minimum atomic E-state index is -0.661. The summed E-state index contributed by atoms with van der Waals surface area (Å²) in [7, 11) is 0. The van der Waals surface area contributed by atoms with E-state index in [1.165, 1.54) is 0 Å². The van der Waals surface area contributed by atoms with Gasteiger partial charge in [-0.05, 0) is 47.3 Å². The number of allylic oxidation sites excluding steroid dienone is 1. The SMILES string of the molecule is CC1(C)[C@@H]2C[C@H]1[C@@]1(C=C2CC(C#N)C#N)c2ccccc2C(=O)N1Cc1ccccc1. The highest BCUT2D eigenvalue weighted by molar-refractivity contribution is 6.00. The second kappa shape index (κ2) is 6.82. The third-order valence-electron chi connectivity index (χ3n) is 7.87. The lowest BCUT2D eigenvalue weighted by atomic mass is 9.42. The summed E-state index contributed by atoms with van der Waals surface area (Å²) in [5.41, 5.74) is 3.55. The summed E-state index contributed by atoms with van der Waals surface area (Å²) in [6.07, 6.45) is 3.69. The fourth-order valence-electron chi connectivity index (χ4n) is 6.32. The van der Waals surface area contributed by atoms with E-state index < -0.39 is 11.5 Å². The number of fused-ring (bicyclic) bond motifs is 1. The Hall–Kier alpha value is -3.37. The molecule has 1 amide bonds. The number of carbonyl (C=O) groups is 1. The van der Waals surface area contributed by atoms with Crippen LogP contribution >= 0.6 is 0 Å². The number of rotatable bonds is 4. The Morgan fingerprint density at radius 1 is 1.06 bits per heavy atom. The third kappa shape index (κ3) is 2.61. The maximum absolute atomic E-state index is 13.7. The van der Waals surface area contributed by atoms with Gasteiger partial charge in [-0.15, -0.1) is 0 Å². The Morgan fingerprint density at radius 3 is 2.42 bits per heavy atom. The minimum Gasteiger partial charge on any atom is -0.321 e. The van der Waals surface area contributed by atoms with Crippen molar-refractivity contribution in [2.45, 2.75) is 38.8 Å². The van der Waals surface area contributed by atoms with Crippen LogP contribution in [-0.2, 0) is 12.1 Å². The Morgan fingerprint density at radius 2 is 1.74 bits per heavy atom. The summed E-state index contributed by atoms with van der Waals surface area (Å²) >= 11 is 0. The van der Waals surface area contributed by atoms with Crippen molar-refractivity contribution in [2.75, 3.05) is 0 Å². The molecule has 6 rings (SSSR count). The molecule has 2 aromatic rings. The molecule has 2 bridgehead atoms. The van der Waals surface area contributed by atoms with Crippen LogP contribution in [-0.4, -0.2) is 10.8 Å². The van der Waals surface area contributed by atoms with Gasteiger partial charge in [-0.3, -0.25) is 4.79 Å². The fourth-order valence-corrected chi connectivity index (χ4v) is 6.32. The van der Waals surface area contributed by atoms with Crippen LogP contribution in [0.25, 0.3) is 0 Å². The van der Waals surface area contributed by atoms with Gasteiger partial charge in [-0.2, -0.15) is 10.5 Å². The molecule has 3 aliphatic carbocycles. The van der Waals surface area contributed by atoms with Gasteiger partial charge in [-0.25, -0.2) is 0 Å². The van der Waals surface area contributed by atoms with E-state index >= 15 is 0 Å². The Balaban J connectivity index is 1.70. The topological polar surface area (TPSA) is 67.9 Å². The van der Waals surface area contributed by atoms with Gasteiger partial charge in [0, 0.05) is 12.1 Å². The van der Waals surface area contributed by atoms with E-state index in [0.717, 1.165) is 28.7 Å². The molecule has 0 N–H and O–H groups in total. The number of carbonyl (C=O) groups excluding carboxylic acids is 1. The first-order chi connectivity index (χ1) is 14.9. The highest BCUT2D eigenvalue weighted by atomic mass is 16.2. The predicted molar refractivity (Wildman–Crippen MR) is 117 cm³/mol. The quantitative estimate of drug-likeness (QED) is 0.655. The van der Waals surface area contributed by atoms with E-state index in [1.807, 2.05) is 41.3 Å². The Bertz CT molecular complexity index is 1150. The van der Waals surface area contributed by atoms with Gasteiger partial charge in [0.05, 0.1) is 17.7 Å². The highest BCUT2D eigenvalue weighted by Gasteiger charge is 2.66. The third-order valence-corrected chi connectivity index (χ3v) is 7.87. The van der Waals surface area contributed by atoms with E-state index in [0.29, 0.717) is 24.8 Å². The molecule has 4 nitrogen and oxygen atoms in total. The molecule has 0 unspecified atom stereocenters. The molecule has 1 aliphatic heterocycles. The van der Waals surface area contributed by atoms with Crippen molar-refractivity contribution in [1.29, 1.82) is 10.5 Å². The van der Waals surface area contributed by atoms with Gasteiger partial charge in [-0.1, -0.05) is 74.0 Å². The van der Waals surface area contributed by atoms with Crippen LogP contribution in [0.2, 0.25) is 0 Å². The predicted octanol–water partition coefficient (Wildman–Crippen LogP) is 5.19. The van der Waals surface area contributed by atoms with E-state index in [4.69, 9.17) is 0 Å². The van der Waals surface area contributed by atoms with E-state index in [2.05, 4.69) is 50.3 Å². The van der Waals surface area contributed by atoms with Gasteiger partial charge in [0.25, 0.3) is 5.91 Å². The van der Waals surface area contributed by atoms with Crippen molar-refractivity contribution in [1.82, 2.24) is 4.90 Å². The van der Waals surface area contributed by atoms with Gasteiger partial charge < -0.3 is 4.90 Å².